The smallest absolute Gasteiger partial charge is 0.000836 e. The summed E-state index contributed by atoms with van der Waals surface area (Å²) in [5, 5.41) is 3.54. The predicted molar refractivity (Wildman–Crippen MR) is 66.8 cm³/mol. The third-order valence-corrected chi connectivity index (χ3v) is 3.23. The van der Waals surface area contributed by atoms with Gasteiger partial charge in [-0.05, 0) is 56.7 Å². The first-order valence-corrected chi connectivity index (χ1v) is 6.63. The van der Waals surface area contributed by atoms with Crippen molar-refractivity contribution in [2.75, 3.05) is 19.6 Å². The molecule has 2 nitrogen and oxygen atoms in total. The molecule has 0 aromatic carbocycles. The molecule has 15 heavy (non-hydrogen) atoms. The van der Waals surface area contributed by atoms with E-state index in [2.05, 4.69) is 19.2 Å². The summed E-state index contributed by atoms with van der Waals surface area (Å²) < 4.78 is 0. The van der Waals surface area contributed by atoms with Crippen LogP contribution in [0.15, 0.2) is 0 Å². The highest BCUT2D eigenvalue weighted by Crippen LogP contribution is 2.33. The molecule has 2 heteroatoms. The molecule has 0 radical (unpaired) electrons. The molecule has 0 aliphatic heterocycles. The van der Waals surface area contributed by atoms with Gasteiger partial charge in [-0.25, -0.2) is 0 Å². The lowest BCUT2D eigenvalue weighted by molar-refractivity contribution is 0.392. The zero-order valence-corrected chi connectivity index (χ0v) is 10.5. The predicted octanol–water partition coefficient (Wildman–Crippen LogP) is 2.39. The van der Waals surface area contributed by atoms with E-state index in [1.165, 1.54) is 38.6 Å². The van der Waals surface area contributed by atoms with Gasteiger partial charge in [-0.15, -0.1) is 0 Å². The quantitative estimate of drug-likeness (QED) is 0.576. The molecule has 1 rings (SSSR count). The summed E-state index contributed by atoms with van der Waals surface area (Å²) in [6.07, 6.45) is 7.01. The van der Waals surface area contributed by atoms with Crippen LogP contribution in [0.3, 0.4) is 0 Å². The van der Waals surface area contributed by atoms with Gasteiger partial charge in [0.1, 0.15) is 0 Å². The van der Waals surface area contributed by atoms with Gasteiger partial charge in [-0.1, -0.05) is 26.7 Å². The van der Waals surface area contributed by atoms with Gasteiger partial charge < -0.3 is 11.1 Å². The SMILES string of the molecule is CC(C)CC(CN)CNCCCC1CC1. The van der Waals surface area contributed by atoms with Gasteiger partial charge in [-0.2, -0.15) is 0 Å². The van der Waals surface area contributed by atoms with E-state index in [1.807, 2.05) is 0 Å². The Morgan fingerprint density at radius 1 is 1.33 bits per heavy atom. The van der Waals surface area contributed by atoms with Crippen molar-refractivity contribution in [3.05, 3.63) is 0 Å². The van der Waals surface area contributed by atoms with E-state index in [0.717, 1.165) is 24.9 Å². The van der Waals surface area contributed by atoms with Crippen molar-refractivity contribution < 1.29 is 0 Å². The van der Waals surface area contributed by atoms with E-state index in [-0.39, 0.29) is 0 Å². The molecule has 0 amide bonds. The molecule has 0 aromatic heterocycles. The Morgan fingerprint density at radius 2 is 2.07 bits per heavy atom. The van der Waals surface area contributed by atoms with E-state index in [4.69, 9.17) is 5.73 Å². The van der Waals surface area contributed by atoms with Crippen molar-refractivity contribution >= 4 is 0 Å². The second-order valence-corrected chi connectivity index (χ2v) is 5.52. The monoisotopic (exact) mass is 212 g/mol. The van der Waals surface area contributed by atoms with Gasteiger partial charge in [0.05, 0.1) is 0 Å². The van der Waals surface area contributed by atoms with E-state index in [1.54, 1.807) is 0 Å². The van der Waals surface area contributed by atoms with Crippen LogP contribution in [-0.2, 0) is 0 Å². The molecule has 1 saturated carbocycles. The zero-order valence-electron chi connectivity index (χ0n) is 10.5. The summed E-state index contributed by atoms with van der Waals surface area (Å²) in [6, 6.07) is 0. The summed E-state index contributed by atoms with van der Waals surface area (Å²) in [6.45, 7) is 7.67. The fourth-order valence-electron chi connectivity index (χ4n) is 2.16. The minimum atomic E-state index is 0.672. The van der Waals surface area contributed by atoms with Crippen LogP contribution in [0.5, 0.6) is 0 Å². The summed E-state index contributed by atoms with van der Waals surface area (Å²) in [5.74, 6) is 2.52. The molecule has 1 aliphatic carbocycles. The fraction of sp³-hybridized carbons (Fsp3) is 1.00. The van der Waals surface area contributed by atoms with Crippen LogP contribution >= 0.6 is 0 Å². The van der Waals surface area contributed by atoms with Gasteiger partial charge in [0, 0.05) is 0 Å². The number of hydrogen-bond acceptors (Lipinski definition) is 2. The van der Waals surface area contributed by atoms with Crippen LogP contribution < -0.4 is 11.1 Å². The van der Waals surface area contributed by atoms with Crippen LogP contribution in [0.25, 0.3) is 0 Å². The molecular weight excluding hydrogens is 184 g/mol. The summed E-state index contributed by atoms with van der Waals surface area (Å²) in [4.78, 5) is 0. The molecule has 0 saturated heterocycles. The largest absolute Gasteiger partial charge is 0.330 e. The number of nitrogens with one attached hydrogen (secondary N) is 1. The Bertz CT molecular complexity index is 153. The number of nitrogens with two attached hydrogens (primary N) is 1. The Labute approximate surface area is 95.0 Å². The maximum atomic E-state index is 5.75. The Balaban J connectivity index is 1.90. The standard InChI is InChI=1S/C13H28N2/c1-11(2)8-13(9-14)10-15-7-3-4-12-5-6-12/h11-13,15H,3-10,14H2,1-2H3. The molecule has 90 valence electrons. The van der Waals surface area contributed by atoms with Crippen LogP contribution in [0.4, 0.5) is 0 Å². The lowest BCUT2D eigenvalue weighted by Crippen LogP contribution is -2.29. The summed E-state index contributed by atoms with van der Waals surface area (Å²) in [5.41, 5.74) is 5.75. The van der Waals surface area contributed by atoms with Crippen LogP contribution in [0.2, 0.25) is 0 Å². The minimum Gasteiger partial charge on any atom is -0.330 e. The average molecular weight is 212 g/mol. The number of rotatable bonds is 9. The third-order valence-electron chi connectivity index (χ3n) is 3.23. The lowest BCUT2D eigenvalue weighted by atomic mass is 9.97. The Hall–Kier alpha value is -0.0800. The van der Waals surface area contributed by atoms with Gasteiger partial charge in [0.2, 0.25) is 0 Å². The first kappa shape index (κ1) is 13.0. The van der Waals surface area contributed by atoms with Gasteiger partial charge in [-0.3, -0.25) is 0 Å². The highest BCUT2D eigenvalue weighted by molar-refractivity contribution is 4.73. The van der Waals surface area contributed by atoms with E-state index in [0.29, 0.717) is 5.92 Å². The van der Waals surface area contributed by atoms with Crippen molar-refractivity contribution in [2.24, 2.45) is 23.5 Å². The molecule has 0 bridgehead atoms. The first-order valence-electron chi connectivity index (χ1n) is 6.63. The van der Waals surface area contributed by atoms with Crippen molar-refractivity contribution in [2.45, 2.75) is 46.0 Å². The topological polar surface area (TPSA) is 38.0 Å². The number of hydrogen-bond donors (Lipinski definition) is 2. The molecule has 1 fully saturated rings. The van der Waals surface area contributed by atoms with Crippen LogP contribution in [-0.4, -0.2) is 19.6 Å². The van der Waals surface area contributed by atoms with Crippen molar-refractivity contribution in [1.82, 2.24) is 5.32 Å². The second-order valence-electron chi connectivity index (χ2n) is 5.52. The average Bonchev–Trinajstić information content (AvgIpc) is 2.98. The summed E-state index contributed by atoms with van der Waals surface area (Å²) >= 11 is 0. The van der Waals surface area contributed by atoms with Crippen molar-refractivity contribution in [3.63, 3.8) is 0 Å². The maximum absolute atomic E-state index is 5.75. The third kappa shape index (κ3) is 6.91. The Kier molecular flexibility index (Phi) is 6.26. The summed E-state index contributed by atoms with van der Waals surface area (Å²) in [7, 11) is 0. The molecule has 3 N–H and O–H groups in total. The van der Waals surface area contributed by atoms with Gasteiger partial charge >= 0.3 is 0 Å². The van der Waals surface area contributed by atoms with Crippen molar-refractivity contribution in [1.29, 1.82) is 0 Å². The van der Waals surface area contributed by atoms with E-state index in [9.17, 15) is 0 Å². The van der Waals surface area contributed by atoms with Crippen LogP contribution in [0, 0.1) is 17.8 Å². The molecule has 0 aromatic rings. The molecule has 1 aliphatic rings. The van der Waals surface area contributed by atoms with Crippen LogP contribution in [0.1, 0.15) is 46.0 Å². The highest BCUT2D eigenvalue weighted by atomic mass is 14.9. The molecule has 0 spiro atoms. The van der Waals surface area contributed by atoms with E-state index >= 15 is 0 Å². The van der Waals surface area contributed by atoms with Gasteiger partial charge in [0.15, 0.2) is 0 Å². The highest BCUT2D eigenvalue weighted by Gasteiger charge is 2.19. The maximum Gasteiger partial charge on any atom is -0.000836 e. The lowest BCUT2D eigenvalue weighted by Gasteiger charge is -2.17. The fourth-order valence-corrected chi connectivity index (χ4v) is 2.16. The second kappa shape index (κ2) is 7.24. The first-order chi connectivity index (χ1) is 7.22. The minimum absolute atomic E-state index is 0.672. The molecule has 1 atom stereocenters. The zero-order chi connectivity index (χ0) is 11.1. The molecular formula is C13H28N2. The van der Waals surface area contributed by atoms with E-state index < -0.39 is 0 Å². The molecule has 0 heterocycles. The van der Waals surface area contributed by atoms with Crippen molar-refractivity contribution in [3.8, 4) is 0 Å². The molecule has 1 unspecified atom stereocenters. The Morgan fingerprint density at radius 3 is 2.60 bits per heavy atom. The van der Waals surface area contributed by atoms with Gasteiger partial charge in [0.25, 0.3) is 0 Å². The normalized spacial score (nSPS) is 18.4.